The molecule has 6 heteroatoms. The lowest BCUT2D eigenvalue weighted by atomic mass is 9.74. The number of anilines is 1. The van der Waals surface area contributed by atoms with Gasteiger partial charge in [-0.25, -0.2) is 0 Å². The number of aryl methyl sites for hydroxylation is 1. The molecule has 1 atom stereocenters. The van der Waals surface area contributed by atoms with Gasteiger partial charge < -0.3 is 14.7 Å². The normalized spacial score (nSPS) is 19.1. The maximum Gasteiger partial charge on any atom is 0.232 e. The van der Waals surface area contributed by atoms with E-state index in [4.69, 9.17) is 0 Å². The number of allylic oxidation sites excluding steroid dienone is 1. The van der Waals surface area contributed by atoms with Gasteiger partial charge in [0.15, 0.2) is 0 Å². The largest absolute Gasteiger partial charge is 0.342 e. The number of nitrogens with zero attached hydrogens (tertiary/aromatic N) is 3. The molecular weight excluding hydrogens is 542 g/mol. The van der Waals surface area contributed by atoms with Gasteiger partial charge in [0.2, 0.25) is 11.8 Å². The Morgan fingerprint density at radius 1 is 0.857 bits per heavy atom. The van der Waals surface area contributed by atoms with Gasteiger partial charge in [-0.1, -0.05) is 84.9 Å². The average molecular weight is 584 g/mol. The summed E-state index contributed by atoms with van der Waals surface area (Å²) < 4.78 is 0. The highest BCUT2D eigenvalue weighted by molar-refractivity contribution is 5.99. The molecule has 3 aromatic rings. The first-order valence-corrected chi connectivity index (χ1v) is 15.3. The van der Waals surface area contributed by atoms with Crippen LogP contribution in [0.15, 0.2) is 91.0 Å². The minimum atomic E-state index is -0.275. The third kappa shape index (κ3) is 6.63. The van der Waals surface area contributed by atoms with Crippen LogP contribution in [0.2, 0.25) is 0 Å². The van der Waals surface area contributed by atoms with Crippen LogP contribution in [0.1, 0.15) is 48.8 Å². The summed E-state index contributed by atoms with van der Waals surface area (Å²) in [6.45, 7) is 5.04. The SMILES string of the molecule is Cl.O=C1CC(C(=O)N(CCCN2CCC3(C=Cc4ccccc43)CC2)c2ccccc2)CN1CCCc1ccccc1. The number of carbonyl (C=O) groups excluding carboxylic acids is 2. The number of fused-ring (bicyclic) bond motifs is 2. The lowest BCUT2D eigenvalue weighted by Crippen LogP contribution is -2.43. The summed E-state index contributed by atoms with van der Waals surface area (Å²) >= 11 is 0. The molecule has 0 aromatic heterocycles. The Kier molecular flexibility index (Phi) is 9.81. The van der Waals surface area contributed by atoms with Gasteiger partial charge in [0, 0.05) is 37.2 Å². The van der Waals surface area contributed by atoms with E-state index in [0.29, 0.717) is 26.1 Å². The molecule has 2 heterocycles. The number of piperidine rings is 1. The third-order valence-corrected chi connectivity index (χ3v) is 9.32. The van der Waals surface area contributed by atoms with E-state index in [0.717, 1.165) is 57.4 Å². The lowest BCUT2D eigenvalue weighted by molar-refractivity contribution is -0.128. The van der Waals surface area contributed by atoms with Crippen molar-refractivity contribution in [3.8, 4) is 0 Å². The molecule has 0 saturated carbocycles. The van der Waals surface area contributed by atoms with Crippen molar-refractivity contribution in [3.05, 3.63) is 108 Å². The maximum atomic E-state index is 13.8. The van der Waals surface area contributed by atoms with Gasteiger partial charge in [0.05, 0.1) is 5.92 Å². The minimum absolute atomic E-state index is 0. The molecular formula is C36H42ClN3O2. The molecule has 5 nitrogen and oxygen atoms in total. The van der Waals surface area contributed by atoms with E-state index in [1.807, 2.05) is 46.2 Å². The zero-order chi connectivity index (χ0) is 28.1. The van der Waals surface area contributed by atoms with Crippen molar-refractivity contribution in [1.82, 2.24) is 9.80 Å². The molecule has 2 amide bonds. The van der Waals surface area contributed by atoms with Crippen LogP contribution >= 0.6 is 12.4 Å². The van der Waals surface area contributed by atoms with Gasteiger partial charge in [0.25, 0.3) is 0 Å². The van der Waals surface area contributed by atoms with Crippen molar-refractivity contribution in [2.24, 2.45) is 5.92 Å². The average Bonchev–Trinajstić information content (AvgIpc) is 3.57. The number of benzene rings is 3. The standard InChI is InChI=1S/C36H41N3O2.ClH/c40-34-27-31(28-38(34)23-9-13-29-11-3-1-4-12-29)35(41)39(32-15-5-2-6-16-32)24-10-22-37-25-20-36(21-26-37)19-18-30-14-7-8-17-33(30)36;/h1-8,11-12,14-19,31H,9-10,13,20-28H2;1H. The first kappa shape index (κ1) is 30.1. The molecule has 0 radical (unpaired) electrons. The van der Waals surface area contributed by atoms with Crippen molar-refractivity contribution < 1.29 is 9.59 Å². The Morgan fingerprint density at radius 3 is 2.31 bits per heavy atom. The number of amides is 2. The fraction of sp³-hybridized carbons (Fsp3) is 0.389. The molecule has 42 heavy (non-hydrogen) atoms. The molecule has 220 valence electrons. The molecule has 2 fully saturated rings. The van der Waals surface area contributed by atoms with Gasteiger partial charge in [-0.3, -0.25) is 9.59 Å². The van der Waals surface area contributed by atoms with Crippen molar-refractivity contribution in [1.29, 1.82) is 0 Å². The second-order valence-corrected chi connectivity index (χ2v) is 11.9. The fourth-order valence-corrected chi connectivity index (χ4v) is 6.97. The summed E-state index contributed by atoms with van der Waals surface area (Å²) in [6, 6.07) is 29.2. The van der Waals surface area contributed by atoms with Gasteiger partial charge in [-0.05, 0) is 80.6 Å². The van der Waals surface area contributed by atoms with E-state index in [1.165, 1.54) is 16.7 Å². The fourth-order valence-electron chi connectivity index (χ4n) is 6.97. The van der Waals surface area contributed by atoms with Crippen molar-refractivity contribution in [3.63, 3.8) is 0 Å². The smallest absolute Gasteiger partial charge is 0.232 e. The summed E-state index contributed by atoms with van der Waals surface area (Å²) in [7, 11) is 0. The second kappa shape index (κ2) is 13.7. The Morgan fingerprint density at radius 2 is 1.55 bits per heavy atom. The first-order chi connectivity index (χ1) is 20.1. The minimum Gasteiger partial charge on any atom is -0.342 e. The number of carbonyl (C=O) groups is 2. The summed E-state index contributed by atoms with van der Waals surface area (Å²) in [5.74, 6) is -0.0851. The zero-order valence-electron chi connectivity index (χ0n) is 24.4. The number of hydrogen-bond donors (Lipinski definition) is 0. The topological polar surface area (TPSA) is 43.9 Å². The number of likely N-dealkylation sites (tertiary alicyclic amines) is 2. The molecule has 1 spiro atoms. The van der Waals surface area contributed by atoms with E-state index in [9.17, 15) is 9.59 Å². The third-order valence-electron chi connectivity index (χ3n) is 9.32. The highest BCUT2D eigenvalue weighted by Gasteiger charge is 2.38. The van der Waals surface area contributed by atoms with Crippen LogP contribution in [0.5, 0.6) is 0 Å². The van der Waals surface area contributed by atoms with Crippen LogP contribution in [0.25, 0.3) is 6.08 Å². The number of rotatable bonds is 10. The summed E-state index contributed by atoms with van der Waals surface area (Å²) in [6.07, 6.45) is 10.1. The molecule has 6 rings (SSSR count). The Hall–Kier alpha value is -3.41. The van der Waals surface area contributed by atoms with Crippen LogP contribution in [-0.4, -0.2) is 60.9 Å². The zero-order valence-corrected chi connectivity index (χ0v) is 25.2. The van der Waals surface area contributed by atoms with Gasteiger partial charge in [-0.2, -0.15) is 0 Å². The molecule has 0 N–H and O–H groups in total. The van der Waals surface area contributed by atoms with Crippen LogP contribution < -0.4 is 4.90 Å². The number of hydrogen-bond acceptors (Lipinski definition) is 3. The van der Waals surface area contributed by atoms with E-state index in [2.05, 4.69) is 65.6 Å². The monoisotopic (exact) mass is 583 g/mol. The summed E-state index contributed by atoms with van der Waals surface area (Å²) in [4.78, 5) is 33.1. The van der Waals surface area contributed by atoms with Gasteiger partial charge in [-0.15, -0.1) is 12.4 Å². The predicted octanol–water partition coefficient (Wildman–Crippen LogP) is 6.37. The van der Waals surface area contributed by atoms with E-state index in [-0.39, 0.29) is 35.6 Å². The quantitative estimate of drug-likeness (QED) is 0.278. The van der Waals surface area contributed by atoms with E-state index in [1.54, 1.807) is 0 Å². The maximum absolute atomic E-state index is 13.8. The number of halogens is 1. The van der Waals surface area contributed by atoms with Crippen molar-refractivity contribution >= 4 is 36.0 Å². The van der Waals surface area contributed by atoms with E-state index < -0.39 is 0 Å². The Bertz CT molecular complexity index is 1370. The molecule has 3 aromatic carbocycles. The van der Waals surface area contributed by atoms with Crippen LogP contribution in [0, 0.1) is 5.92 Å². The van der Waals surface area contributed by atoms with Crippen molar-refractivity contribution in [2.75, 3.05) is 44.2 Å². The first-order valence-electron chi connectivity index (χ1n) is 15.3. The Labute approximate surface area is 256 Å². The second-order valence-electron chi connectivity index (χ2n) is 11.9. The van der Waals surface area contributed by atoms with Crippen LogP contribution in [-0.2, 0) is 21.4 Å². The van der Waals surface area contributed by atoms with Crippen molar-refractivity contribution in [2.45, 2.75) is 43.9 Å². The lowest BCUT2D eigenvalue weighted by Gasteiger charge is -2.39. The van der Waals surface area contributed by atoms with Gasteiger partial charge in [0.1, 0.15) is 0 Å². The molecule has 3 aliphatic rings. The molecule has 1 unspecified atom stereocenters. The molecule has 0 bridgehead atoms. The summed E-state index contributed by atoms with van der Waals surface area (Å²) in [5, 5.41) is 0. The van der Waals surface area contributed by atoms with Crippen LogP contribution in [0.3, 0.4) is 0 Å². The Balaban J connectivity index is 0.00000353. The predicted molar refractivity (Wildman–Crippen MR) is 173 cm³/mol. The summed E-state index contributed by atoms with van der Waals surface area (Å²) in [5.41, 5.74) is 5.27. The van der Waals surface area contributed by atoms with Crippen LogP contribution in [0.4, 0.5) is 5.69 Å². The molecule has 1 aliphatic carbocycles. The molecule has 2 aliphatic heterocycles. The van der Waals surface area contributed by atoms with Gasteiger partial charge >= 0.3 is 0 Å². The highest BCUT2D eigenvalue weighted by Crippen LogP contribution is 2.43. The number of para-hydroxylation sites is 1. The van der Waals surface area contributed by atoms with E-state index >= 15 is 0 Å². The highest BCUT2D eigenvalue weighted by atomic mass is 35.5. The molecule has 2 saturated heterocycles.